The molecule has 0 saturated carbocycles. The van der Waals surface area contributed by atoms with E-state index in [0.29, 0.717) is 35.8 Å². The number of carbonyl (C=O) groups is 1. The number of carbonyl (C=O) groups excluding carboxylic acids is 1. The molecule has 7 heteroatoms. The van der Waals surface area contributed by atoms with Crippen molar-refractivity contribution in [3.63, 3.8) is 0 Å². The number of nitrogens with zero attached hydrogens (tertiary/aromatic N) is 2. The molecule has 0 atom stereocenters. The summed E-state index contributed by atoms with van der Waals surface area (Å²) in [5.41, 5.74) is 3.10. The molecule has 0 radical (unpaired) electrons. The van der Waals surface area contributed by atoms with Gasteiger partial charge >= 0.3 is 0 Å². The molecule has 0 bridgehead atoms. The van der Waals surface area contributed by atoms with Gasteiger partial charge in [-0.3, -0.25) is 9.10 Å². The summed E-state index contributed by atoms with van der Waals surface area (Å²) >= 11 is 5.88. The molecule has 0 aromatic heterocycles. The number of sulfonamides is 1. The highest BCUT2D eigenvalue weighted by atomic mass is 35.5. The topological polar surface area (TPSA) is 57.7 Å². The molecule has 132 valence electrons. The van der Waals surface area contributed by atoms with Crippen LogP contribution < -0.4 is 4.31 Å². The SMILES string of the molecule is CN(Cc1ccc(Cl)cc1)C(=O)c1ccc2c(c1)CCN2S(C)(=O)=O. The Labute approximate surface area is 152 Å². The van der Waals surface area contributed by atoms with Crippen LogP contribution >= 0.6 is 11.6 Å². The second-order valence-electron chi connectivity index (χ2n) is 6.22. The van der Waals surface area contributed by atoms with Crippen LogP contribution in [0, 0.1) is 0 Å². The Morgan fingerprint density at radius 2 is 1.88 bits per heavy atom. The fraction of sp³-hybridized carbons (Fsp3) is 0.278. The van der Waals surface area contributed by atoms with E-state index in [9.17, 15) is 13.2 Å². The maximum absolute atomic E-state index is 12.7. The Hall–Kier alpha value is -2.05. The second-order valence-corrected chi connectivity index (χ2v) is 8.56. The fourth-order valence-corrected chi connectivity index (χ4v) is 4.09. The summed E-state index contributed by atoms with van der Waals surface area (Å²) in [6.45, 7) is 0.898. The summed E-state index contributed by atoms with van der Waals surface area (Å²) in [6.07, 6.45) is 1.81. The van der Waals surface area contributed by atoms with Crippen molar-refractivity contribution in [3.8, 4) is 0 Å². The molecule has 25 heavy (non-hydrogen) atoms. The predicted octanol–water partition coefficient (Wildman–Crippen LogP) is 2.93. The molecule has 0 saturated heterocycles. The first-order chi connectivity index (χ1) is 11.8. The number of benzene rings is 2. The molecular formula is C18H19ClN2O3S. The average Bonchev–Trinajstić information content (AvgIpc) is 2.99. The van der Waals surface area contributed by atoms with Gasteiger partial charge < -0.3 is 4.90 Å². The molecule has 3 rings (SSSR count). The molecule has 2 aromatic rings. The van der Waals surface area contributed by atoms with Gasteiger partial charge in [0.05, 0.1) is 11.9 Å². The fourth-order valence-electron chi connectivity index (χ4n) is 3.00. The smallest absolute Gasteiger partial charge is 0.253 e. The Balaban J connectivity index is 1.78. The van der Waals surface area contributed by atoms with Gasteiger partial charge in [0.1, 0.15) is 0 Å². The molecule has 0 aliphatic carbocycles. The standard InChI is InChI=1S/C18H19ClN2O3S/c1-20(12-13-3-6-16(19)7-4-13)18(22)15-5-8-17-14(11-15)9-10-21(17)25(2,23)24/h3-8,11H,9-10,12H2,1-2H3. The van der Waals surface area contributed by atoms with Crippen molar-refractivity contribution in [2.75, 3.05) is 24.2 Å². The van der Waals surface area contributed by atoms with E-state index < -0.39 is 10.0 Å². The molecule has 1 amide bonds. The third-order valence-corrected chi connectivity index (χ3v) is 5.69. The second kappa shape index (κ2) is 6.69. The van der Waals surface area contributed by atoms with E-state index in [-0.39, 0.29) is 5.91 Å². The van der Waals surface area contributed by atoms with Crippen molar-refractivity contribution in [3.05, 3.63) is 64.2 Å². The zero-order valence-corrected chi connectivity index (χ0v) is 15.6. The van der Waals surface area contributed by atoms with Crippen LogP contribution in [0.5, 0.6) is 0 Å². The lowest BCUT2D eigenvalue weighted by Crippen LogP contribution is -2.27. The van der Waals surface area contributed by atoms with Gasteiger partial charge in [-0.1, -0.05) is 23.7 Å². The lowest BCUT2D eigenvalue weighted by molar-refractivity contribution is 0.0785. The summed E-state index contributed by atoms with van der Waals surface area (Å²) in [6, 6.07) is 12.6. The highest BCUT2D eigenvalue weighted by molar-refractivity contribution is 7.92. The van der Waals surface area contributed by atoms with Crippen LogP contribution in [0.15, 0.2) is 42.5 Å². The Kier molecular flexibility index (Phi) is 4.75. The predicted molar refractivity (Wildman–Crippen MR) is 99.6 cm³/mol. The van der Waals surface area contributed by atoms with E-state index in [2.05, 4.69) is 0 Å². The van der Waals surface area contributed by atoms with Gasteiger partial charge in [0.25, 0.3) is 5.91 Å². The average molecular weight is 379 g/mol. The van der Waals surface area contributed by atoms with E-state index >= 15 is 0 Å². The third kappa shape index (κ3) is 3.80. The first-order valence-corrected chi connectivity index (χ1v) is 10.1. The highest BCUT2D eigenvalue weighted by Crippen LogP contribution is 2.31. The summed E-state index contributed by atoms with van der Waals surface area (Å²) in [4.78, 5) is 14.3. The molecule has 1 aliphatic rings. The van der Waals surface area contributed by atoms with Crippen LogP contribution in [-0.4, -0.2) is 39.1 Å². The van der Waals surface area contributed by atoms with E-state index in [0.717, 1.165) is 11.1 Å². The van der Waals surface area contributed by atoms with Gasteiger partial charge in [-0.25, -0.2) is 8.42 Å². The Bertz CT molecular complexity index is 910. The quantitative estimate of drug-likeness (QED) is 0.821. The van der Waals surface area contributed by atoms with Crippen molar-refractivity contribution in [2.24, 2.45) is 0 Å². The van der Waals surface area contributed by atoms with Crippen molar-refractivity contribution < 1.29 is 13.2 Å². The zero-order valence-electron chi connectivity index (χ0n) is 14.1. The number of amides is 1. The summed E-state index contributed by atoms with van der Waals surface area (Å²) in [5.74, 6) is -0.101. The number of halogens is 1. The van der Waals surface area contributed by atoms with Crippen LogP contribution in [-0.2, 0) is 23.0 Å². The van der Waals surface area contributed by atoms with Crippen molar-refractivity contribution in [2.45, 2.75) is 13.0 Å². The minimum atomic E-state index is -3.28. The minimum absolute atomic E-state index is 0.101. The molecule has 0 N–H and O–H groups in total. The molecule has 0 spiro atoms. The van der Waals surface area contributed by atoms with Crippen LogP contribution in [0.3, 0.4) is 0 Å². The maximum atomic E-state index is 12.7. The van der Waals surface area contributed by atoms with Gasteiger partial charge in [-0.15, -0.1) is 0 Å². The molecule has 0 fully saturated rings. The van der Waals surface area contributed by atoms with Crippen molar-refractivity contribution in [1.29, 1.82) is 0 Å². The zero-order chi connectivity index (χ0) is 18.2. The Morgan fingerprint density at radius 3 is 2.52 bits per heavy atom. The molecule has 2 aromatic carbocycles. The number of hydrogen-bond acceptors (Lipinski definition) is 3. The normalized spacial score (nSPS) is 13.6. The lowest BCUT2D eigenvalue weighted by atomic mass is 10.1. The summed E-state index contributed by atoms with van der Waals surface area (Å²) < 4.78 is 25.0. The van der Waals surface area contributed by atoms with E-state index in [1.54, 1.807) is 42.3 Å². The van der Waals surface area contributed by atoms with Crippen LogP contribution in [0.1, 0.15) is 21.5 Å². The van der Waals surface area contributed by atoms with Crippen molar-refractivity contribution >= 4 is 33.2 Å². The maximum Gasteiger partial charge on any atom is 0.253 e. The number of fused-ring (bicyclic) bond motifs is 1. The number of hydrogen-bond donors (Lipinski definition) is 0. The van der Waals surface area contributed by atoms with Crippen LogP contribution in [0.4, 0.5) is 5.69 Å². The highest BCUT2D eigenvalue weighted by Gasteiger charge is 2.27. The third-order valence-electron chi connectivity index (χ3n) is 4.26. The molecule has 1 heterocycles. The van der Waals surface area contributed by atoms with Crippen molar-refractivity contribution in [1.82, 2.24) is 4.90 Å². The molecule has 5 nitrogen and oxygen atoms in total. The van der Waals surface area contributed by atoms with E-state index in [1.165, 1.54) is 10.6 Å². The van der Waals surface area contributed by atoms with Crippen LogP contribution in [0.2, 0.25) is 5.02 Å². The van der Waals surface area contributed by atoms with Crippen LogP contribution in [0.25, 0.3) is 0 Å². The molecule has 1 aliphatic heterocycles. The lowest BCUT2D eigenvalue weighted by Gasteiger charge is -2.19. The Morgan fingerprint density at radius 1 is 1.20 bits per heavy atom. The largest absolute Gasteiger partial charge is 0.337 e. The molecule has 0 unspecified atom stereocenters. The summed E-state index contributed by atoms with van der Waals surface area (Å²) in [5, 5.41) is 0.659. The van der Waals surface area contributed by atoms with Gasteiger partial charge in [-0.2, -0.15) is 0 Å². The van der Waals surface area contributed by atoms with Gasteiger partial charge in [-0.05, 0) is 47.9 Å². The summed E-state index contributed by atoms with van der Waals surface area (Å²) in [7, 11) is -1.54. The monoisotopic (exact) mass is 378 g/mol. The van der Waals surface area contributed by atoms with E-state index in [1.807, 2.05) is 12.1 Å². The first kappa shape index (κ1) is 17.8. The molecular weight excluding hydrogens is 360 g/mol. The first-order valence-electron chi connectivity index (χ1n) is 7.86. The van der Waals surface area contributed by atoms with Gasteiger partial charge in [0, 0.05) is 30.7 Å². The van der Waals surface area contributed by atoms with Gasteiger partial charge in [0.2, 0.25) is 10.0 Å². The van der Waals surface area contributed by atoms with Gasteiger partial charge in [0.15, 0.2) is 0 Å². The number of rotatable bonds is 4. The van der Waals surface area contributed by atoms with E-state index in [4.69, 9.17) is 11.6 Å². The number of anilines is 1. The minimum Gasteiger partial charge on any atom is -0.337 e.